The fourth-order valence-corrected chi connectivity index (χ4v) is 0. The largest absolute Gasteiger partial charge is 1.00 e. The first-order chi connectivity index (χ1) is 2.56. The third kappa shape index (κ3) is 11.2. The van der Waals surface area contributed by atoms with E-state index in [4.69, 9.17) is 15.3 Å². The molecule has 3 nitrogen and oxygen atoms in total. The van der Waals surface area contributed by atoms with Crippen LogP contribution in [0.2, 0.25) is 0 Å². The molecule has 0 saturated carbocycles. The van der Waals surface area contributed by atoms with Crippen LogP contribution in [0.25, 0.3) is 0 Å². The maximum atomic E-state index is 7.94. The predicted octanol–water partition coefficient (Wildman–Crippen LogP) is -3.86. The Kier molecular flexibility index (Phi) is 7.12. The first-order valence-corrected chi connectivity index (χ1v) is 1.73. The fourth-order valence-electron chi connectivity index (χ4n) is 0. The van der Waals surface area contributed by atoms with Crippen molar-refractivity contribution in [3.8, 4) is 0 Å². The quantitative estimate of drug-likeness (QED) is 0.253. The standard InChI is InChI=1S/C3H8O3.K.H/c1-2-3(4,5)6;;/h4-6H,2H2,1H3;;/q;+1;-1. The normalized spacial score (nSPS) is 10.3. The molecule has 4 heteroatoms. The maximum Gasteiger partial charge on any atom is 1.00 e. The second-order valence-corrected chi connectivity index (χ2v) is 1.13. The van der Waals surface area contributed by atoms with Crippen LogP contribution in [0, 0.1) is 0 Å². The Hall–Kier alpha value is 1.52. The van der Waals surface area contributed by atoms with Gasteiger partial charge in [0.1, 0.15) is 0 Å². The Morgan fingerprint density at radius 1 is 1.43 bits per heavy atom. The Balaban J connectivity index is -0.000000125. The summed E-state index contributed by atoms with van der Waals surface area (Å²) in [6.07, 6.45) is -0.0625. The van der Waals surface area contributed by atoms with E-state index in [1.54, 1.807) is 0 Å². The zero-order valence-electron chi connectivity index (χ0n) is 5.55. The third-order valence-corrected chi connectivity index (χ3v) is 0.474. The molecule has 3 N–H and O–H groups in total. The molecule has 0 aromatic heterocycles. The second kappa shape index (κ2) is 4.40. The van der Waals surface area contributed by atoms with Crippen molar-refractivity contribution >= 4 is 0 Å². The van der Waals surface area contributed by atoms with E-state index in [-0.39, 0.29) is 59.2 Å². The molecule has 40 valence electrons. The van der Waals surface area contributed by atoms with Gasteiger partial charge in [0, 0.05) is 6.42 Å². The molecule has 0 aromatic rings. The summed E-state index contributed by atoms with van der Waals surface area (Å²) < 4.78 is 0. The van der Waals surface area contributed by atoms with Gasteiger partial charge in [-0.05, 0) is 0 Å². The smallest absolute Gasteiger partial charge is 1.00 e. The number of rotatable bonds is 1. The molecule has 0 aromatic carbocycles. The molecular weight excluding hydrogens is 123 g/mol. The molecule has 7 heavy (non-hydrogen) atoms. The molecule has 0 rings (SSSR count). The monoisotopic (exact) mass is 132 g/mol. The van der Waals surface area contributed by atoms with E-state index in [0.717, 1.165) is 0 Å². The van der Waals surface area contributed by atoms with Gasteiger partial charge in [0.05, 0.1) is 0 Å². The van der Waals surface area contributed by atoms with Crippen LogP contribution >= 0.6 is 0 Å². The molecule has 0 aliphatic rings. The SMILES string of the molecule is CCC(O)(O)O.[H-].[K+]. The minimum atomic E-state index is -2.46. The summed E-state index contributed by atoms with van der Waals surface area (Å²) in [6, 6.07) is 0. The van der Waals surface area contributed by atoms with Crippen molar-refractivity contribution in [1.82, 2.24) is 0 Å². The van der Waals surface area contributed by atoms with Gasteiger partial charge in [0.15, 0.2) is 0 Å². The first kappa shape index (κ1) is 11.3. The Morgan fingerprint density at radius 3 is 1.57 bits per heavy atom. The maximum absolute atomic E-state index is 7.94. The summed E-state index contributed by atoms with van der Waals surface area (Å²) in [5.74, 6) is -2.46. The van der Waals surface area contributed by atoms with E-state index in [1.807, 2.05) is 0 Å². The van der Waals surface area contributed by atoms with Crippen LogP contribution in [0.3, 0.4) is 0 Å². The summed E-state index contributed by atoms with van der Waals surface area (Å²) in [5, 5.41) is 23.8. The molecule has 0 saturated heterocycles. The average Bonchev–Trinajstić information content (AvgIpc) is 1.35. The van der Waals surface area contributed by atoms with Crippen LogP contribution in [0.1, 0.15) is 14.8 Å². The summed E-state index contributed by atoms with van der Waals surface area (Å²) in [6.45, 7) is 1.46. The predicted molar refractivity (Wildman–Crippen MR) is 20.8 cm³/mol. The Morgan fingerprint density at radius 2 is 1.57 bits per heavy atom. The van der Waals surface area contributed by atoms with E-state index in [2.05, 4.69) is 0 Å². The molecule has 0 atom stereocenters. The molecule has 0 aliphatic heterocycles. The number of hydrogen-bond donors (Lipinski definition) is 3. The summed E-state index contributed by atoms with van der Waals surface area (Å²) in [4.78, 5) is 0. The van der Waals surface area contributed by atoms with Gasteiger partial charge < -0.3 is 16.7 Å². The van der Waals surface area contributed by atoms with Crippen LogP contribution < -0.4 is 51.4 Å². The van der Waals surface area contributed by atoms with Crippen molar-refractivity contribution in [2.75, 3.05) is 0 Å². The van der Waals surface area contributed by atoms with E-state index < -0.39 is 5.97 Å². The Bertz CT molecular complexity index is 44.3. The third-order valence-electron chi connectivity index (χ3n) is 0.474. The zero-order chi connectivity index (χ0) is 5.21. The van der Waals surface area contributed by atoms with Crippen LogP contribution in [-0.2, 0) is 0 Å². The molecule has 0 radical (unpaired) electrons. The molecule has 0 aliphatic carbocycles. The van der Waals surface area contributed by atoms with Gasteiger partial charge >= 0.3 is 51.4 Å². The Labute approximate surface area is 86.3 Å². The molecule has 0 fully saturated rings. The van der Waals surface area contributed by atoms with Crippen LogP contribution in [0.15, 0.2) is 0 Å². The van der Waals surface area contributed by atoms with Crippen molar-refractivity contribution in [2.45, 2.75) is 19.3 Å². The average molecular weight is 132 g/mol. The van der Waals surface area contributed by atoms with Gasteiger partial charge in [-0.25, -0.2) is 0 Å². The van der Waals surface area contributed by atoms with Crippen molar-refractivity contribution in [1.29, 1.82) is 0 Å². The van der Waals surface area contributed by atoms with E-state index in [1.165, 1.54) is 6.92 Å². The van der Waals surface area contributed by atoms with Gasteiger partial charge in [0.2, 0.25) is 0 Å². The zero-order valence-corrected chi connectivity index (χ0v) is 7.67. The minimum absolute atomic E-state index is 0. The van der Waals surface area contributed by atoms with E-state index in [9.17, 15) is 0 Å². The molecule has 0 amide bonds. The van der Waals surface area contributed by atoms with Crippen molar-refractivity contribution in [3.63, 3.8) is 0 Å². The van der Waals surface area contributed by atoms with Gasteiger partial charge in [-0.15, -0.1) is 0 Å². The molecule has 0 spiro atoms. The molecule has 0 heterocycles. The van der Waals surface area contributed by atoms with Gasteiger partial charge in [-0.2, -0.15) is 0 Å². The van der Waals surface area contributed by atoms with Gasteiger partial charge in [-0.1, -0.05) is 6.92 Å². The number of aliphatic hydroxyl groups is 3. The fraction of sp³-hybridized carbons (Fsp3) is 1.00. The van der Waals surface area contributed by atoms with E-state index in [0.29, 0.717) is 0 Å². The first-order valence-electron chi connectivity index (χ1n) is 1.73. The van der Waals surface area contributed by atoms with E-state index >= 15 is 0 Å². The van der Waals surface area contributed by atoms with Crippen molar-refractivity contribution < 1.29 is 68.1 Å². The second-order valence-electron chi connectivity index (χ2n) is 1.13. The summed E-state index contributed by atoms with van der Waals surface area (Å²) in [7, 11) is 0. The van der Waals surface area contributed by atoms with Gasteiger partial charge in [-0.3, -0.25) is 0 Å². The van der Waals surface area contributed by atoms with Crippen LogP contribution in [0.4, 0.5) is 0 Å². The molecular formula is C3H9KO3. The van der Waals surface area contributed by atoms with Crippen LogP contribution in [0.5, 0.6) is 0 Å². The number of hydrogen-bond acceptors (Lipinski definition) is 3. The van der Waals surface area contributed by atoms with Gasteiger partial charge in [0.25, 0.3) is 5.97 Å². The minimum Gasteiger partial charge on any atom is -1.00 e. The van der Waals surface area contributed by atoms with Crippen molar-refractivity contribution in [3.05, 3.63) is 0 Å². The summed E-state index contributed by atoms with van der Waals surface area (Å²) >= 11 is 0. The molecule has 0 bridgehead atoms. The topological polar surface area (TPSA) is 60.7 Å². The van der Waals surface area contributed by atoms with Crippen LogP contribution in [-0.4, -0.2) is 21.3 Å². The van der Waals surface area contributed by atoms with Crippen molar-refractivity contribution in [2.24, 2.45) is 0 Å². The molecule has 0 unspecified atom stereocenters. The summed E-state index contributed by atoms with van der Waals surface area (Å²) in [5.41, 5.74) is 0.